The van der Waals surface area contributed by atoms with Gasteiger partial charge in [-0.1, -0.05) is 31.9 Å². The Kier molecular flexibility index (Phi) is 10.0. The summed E-state index contributed by atoms with van der Waals surface area (Å²) in [4.78, 5) is 0. The first-order chi connectivity index (χ1) is 21.1. The van der Waals surface area contributed by atoms with Crippen molar-refractivity contribution in [3.63, 3.8) is 0 Å². The lowest BCUT2D eigenvalue weighted by atomic mass is 9.73. The smallest absolute Gasteiger partial charge is 0.165 e. The molecule has 1 atom stereocenters. The topological polar surface area (TPSA) is 23.8 Å². The maximum atomic E-state index is 15.8. The van der Waals surface area contributed by atoms with E-state index in [1.165, 1.54) is 6.07 Å². The van der Waals surface area contributed by atoms with Crippen molar-refractivity contribution in [1.29, 1.82) is 5.26 Å². The van der Waals surface area contributed by atoms with Crippen LogP contribution < -0.4 is 0 Å². The zero-order chi connectivity index (χ0) is 31.5. The van der Waals surface area contributed by atoms with Crippen LogP contribution in [0.25, 0.3) is 0 Å². The molecule has 0 spiro atoms. The summed E-state index contributed by atoms with van der Waals surface area (Å²) < 4.78 is 104. The van der Waals surface area contributed by atoms with Crippen LogP contribution in [0.5, 0.6) is 0 Å². The predicted octanol–water partition coefficient (Wildman–Crippen LogP) is 10.4. The molecule has 8 heteroatoms. The third-order valence-corrected chi connectivity index (χ3v) is 9.75. The Labute approximate surface area is 254 Å². The van der Waals surface area contributed by atoms with Gasteiger partial charge in [-0.3, -0.25) is 0 Å². The number of halogens is 7. The number of fused-ring (bicyclic) bond motifs is 1. The minimum Gasteiger partial charge on any atom is -0.206 e. The van der Waals surface area contributed by atoms with E-state index in [0.29, 0.717) is 56.1 Å². The molecule has 1 nitrogen and oxygen atoms in total. The first kappa shape index (κ1) is 32.1. The van der Waals surface area contributed by atoms with E-state index in [2.05, 4.69) is 0 Å². The molecule has 0 N–H and O–H groups in total. The van der Waals surface area contributed by atoms with Gasteiger partial charge in [0.15, 0.2) is 23.3 Å². The van der Waals surface area contributed by atoms with E-state index in [1.54, 1.807) is 12.1 Å². The molecule has 0 radical (unpaired) electrons. The summed E-state index contributed by atoms with van der Waals surface area (Å²) in [6, 6.07) is 7.00. The molecule has 44 heavy (non-hydrogen) atoms. The number of nitriles is 1. The van der Waals surface area contributed by atoms with Crippen molar-refractivity contribution in [2.45, 2.75) is 102 Å². The van der Waals surface area contributed by atoms with Gasteiger partial charge in [-0.25, -0.2) is 30.7 Å². The van der Waals surface area contributed by atoms with Crippen molar-refractivity contribution in [3.05, 3.63) is 104 Å². The molecule has 3 aromatic rings. The highest BCUT2D eigenvalue weighted by Crippen LogP contribution is 2.45. The van der Waals surface area contributed by atoms with Crippen molar-refractivity contribution in [2.24, 2.45) is 5.92 Å². The summed E-state index contributed by atoms with van der Waals surface area (Å²) >= 11 is 0. The van der Waals surface area contributed by atoms with E-state index in [9.17, 15) is 17.6 Å². The Bertz CT molecular complexity index is 1540. The number of benzene rings is 3. The number of nitrogens with zero attached hydrogens (tertiary/aromatic N) is 1. The lowest BCUT2D eigenvalue weighted by molar-refractivity contribution is 0.353. The summed E-state index contributed by atoms with van der Waals surface area (Å²) in [6.45, 7) is 2.04. The van der Waals surface area contributed by atoms with Crippen LogP contribution >= 0.6 is 0 Å². The van der Waals surface area contributed by atoms with Crippen molar-refractivity contribution >= 4 is 0 Å². The number of aryl methyl sites for hydroxylation is 2. The van der Waals surface area contributed by atoms with Crippen LogP contribution in [0.1, 0.15) is 115 Å². The summed E-state index contributed by atoms with van der Waals surface area (Å²) in [5, 5.41) is 8.91. The zero-order valence-corrected chi connectivity index (χ0v) is 24.8. The molecule has 1 unspecified atom stereocenters. The van der Waals surface area contributed by atoms with Crippen LogP contribution in [0.3, 0.4) is 0 Å². The summed E-state index contributed by atoms with van der Waals surface area (Å²) in [7, 11) is 0. The average Bonchev–Trinajstić information content (AvgIpc) is 3.02. The number of rotatable bonds is 9. The molecule has 0 heterocycles. The van der Waals surface area contributed by atoms with Gasteiger partial charge in [0.1, 0.15) is 29.1 Å². The summed E-state index contributed by atoms with van der Waals surface area (Å²) in [5.41, 5.74) is 0.311. The van der Waals surface area contributed by atoms with Crippen LogP contribution in [0.4, 0.5) is 30.7 Å². The molecule has 0 saturated heterocycles. The quantitative estimate of drug-likeness (QED) is 0.134. The molecule has 1 saturated carbocycles. The largest absolute Gasteiger partial charge is 0.206 e. The number of hydrogen-bond donors (Lipinski definition) is 0. The van der Waals surface area contributed by atoms with Gasteiger partial charge in [0.2, 0.25) is 0 Å². The monoisotopic (exact) mass is 615 g/mol. The fourth-order valence-corrected chi connectivity index (χ4v) is 7.18. The molecule has 0 aliphatic heterocycles. The predicted molar refractivity (Wildman–Crippen MR) is 155 cm³/mol. The highest BCUT2D eigenvalue weighted by atomic mass is 19.2. The van der Waals surface area contributed by atoms with Crippen LogP contribution in [-0.4, -0.2) is 0 Å². The van der Waals surface area contributed by atoms with Crippen LogP contribution in [0.2, 0.25) is 0 Å². The third kappa shape index (κ3) is 6.39. The molecule has 234 valence electrons. The molecule has 2 aliphatic carbocycles. The van der Waals surface area contributed by atoms with Crippen LogP contribution in [0, 0.1) is 58.0 Å². The summed E-state index contributed by atoms with van der Waals surface area (Å²) in [6.07, 6.45) is 6.21. The zero-order valence-electron chi connectivity index (χ0n) is 24.8. The fraction of sp³-hybridized carbons (Fsp3) is 0.472. The van der Waals surface area contributed by atoms with Gasteiger partial charge in [-0.15, -0.1) is 0 Å². The van der Waals surface area contributed by atoms with E-state index in [-0.39, 0.29) is 53.4 Å². The lowest BCUT2D eigenvalue weighted by Gasteiger charge is -2.32. The van der Waals surface area contributed by atoms with Crippen molar-refractivity contribution in [2.75, 3.05) is 0 Å². The van der Waals surface area contributed by atoms with Gasteiger partial charge in [0.25, 0.3) is 0 Å². The normalized spacial score (nSPS) is 19.9. The van der Waals surface area contributed by atoms with Gasteiger partial charge >= 0.3 is 0 Å². The Morgan fingerprint density at radius 3 is 1.93 bits per heavy atom. The van der Waals surface area contributed by atoms with E-state index >= 15 is 13.2 Å². The molecular formula is C36H36F7N. The minimum absolute atomic E-state index is 0.0233. The standard InChI is InChI=1S/C36H36F7N/c1-2-3-4-5-23-13-14-24(33(40)32(23)39)8-6-20-7-15-26-27(16-20)35(42)36(43)31(34(26)41)22-11-9-21(10-12-22)25-17-29(37)28(19-44)30(38)18-25/h13-14,17-18,20-22H,2-12,15-16H2,1H3. The fourth-order valence-electron chi connectivity index (χ4n) is 7.18. The molecule has 0 aromatic heterocycles. The highest BCUT2D eigenvalue weighted by molar-refractivity contribution is 5.41. The van der Waals surface area contributed by atoms with Gasteiger partial charge in [-0.05, 0) is 128 Å². The van der Waals surface area contributed by atoms with Crippen molar-refractivity contribution < 1.29 is 30.7 Å². The average molecular weight is 616 g/mol. The van der Waals surface area contributed by atoms with Gasteiger partial charge in [-0.2, -0.15) is 5.26 Å². The molecule has 0 bridgehead atoms. The van der Waals surface area contributed by atoms with Crippen LogP contribution in [0.15, 0.2) is 24.3 Å². The molecule has 3 aromatic carbocycles. The van der Waals surface area contributed by atoms with Gasteiger partial charge in [0, 0.05) is 5.56 Å². The second kappa shape index (κ2) is 13.7. The van der Waals surface area contributed by atoms with E-state index in [1.807, 2.05) is 6.92 Å². The number of unbranched alkanes of at least 4 members (excludes halogenated alkanes) is 2. The SMILES string of the molecule is CCCCCc1ccc(CCC2CCc3c(F)c(C4CCC(c5cc(F)c(C#N)c(F)c5)CC4)c(F)c(F)c3C2)c(F)c1F. The summed E-state index contributed by atoms with van der Waals surface area (Å²) in [5.74, 6) is -7.45. The van der Waals surface area contributed by atoms with Crippen molar-refractivity contribution in [3.8, 4) is 6.07 Å². The van der Waals surface area contributed by atoms with E-state index in [0.717, 1.165) is 31.4 Å². The van der Waals surface area contributed by atoms with Crippen molar-refractivity contribution in [1.82, 2.24) is 0 Å². The first-order valence-corrected chi connectivity index (χ1v) is 15.7. The Hall–Kier alpha value is -3.34. The number of hydrogen-bond acceptors (Lipinski definition) is 1. The van der Waals surface area contributed by atoms with E-state index < -0.39 is 52.2 Å². The van der Waals surface area contributed by atoms with Crippen LogP contribution in [-0.2, 0) is 25.7 Å². The second-order valence-electron chi connectivity index (χ2n) is 12.4. The first-order valence-electron chi connectivity index (χ1n) is 15.7. The minimum atomic E-state index is -1.19. The van der Waals surface area contributed by atoms with E-state index in [4.69, 9.17) is 5.26 Å². The Morgan fingerprint density at radius 2 is 1.32 bits per heavy atom. The molecular weight excluding hydrogens is 579 g/mol. The second-order valence-corrected chi connectivity index (χ2v) is 12.4. The Balaban J connectivity index is 1.25. The molecule has 5 rings (SSSR count). The van der Waals surface area contributed by atoms with Gasteiger partial charge in [0.05, 0.1) is 0 Å². The maximum Gasteiger partial charge on any atom is 0.165 e. The molecule has 2 aliphatic rings. The highest BCUT2D eigenvalue weighted by Gasteiger charge is 2.35. The maximum absolute atomic E-state index is 15.8. The Morgan fingerprint density at radius 1 is 0.705 bits per heavy atom. The van der Waals surface area contributed by atoms with Gasteiger partial charge < -0.3 is 0 Å². The molecule has 0 amide bonds. The third-order valence-electron chi connectivity index (χ3n) is 9.75. The molecule has 1 fully saturated rings. The lowest BCUT2D eigenvalue weighted by Crippen LogP contribution is -2.23.